The van der Waals surface area contributed by atoms with Gasteiger partial charge in [-0.05, 0) is 48.0 Å². The van der Waals surface area contributed by atoms with Crippen LogP contribution < -0.4 is 10.6 Å². The third kappa shape index (κ3) is 4.96. The van der Waals surface area contributed by atoms with Crippen LogP contribution in [-0.2, 0) is 6.54 Å². The second-order valence-electron chi connectivity index (χ2n) is 6.67. The summed E-state index contributed by atoms with van der Waals surface area (Å²) in [6.45, 7) is 0.288. The molecule has 4 aromatic rings. The van der Waals surface area contributed by atoms with Gasteiger partial charge >= 0.3 is 0 Å². The minimum atomic E-state index is -0.308. The Morgan fingerprint density at radius 1 is 0.935 bits per heavy atom. The molecule has 0 radical (unpaired) electrons. The Morgan fingerprint density at radius 2 is 1.74 bits per heavy atom. The maximum absolute atomic E-state index is 12.5. The van der Waals surface area contributed by atoms with E-state index in [1.54, 1.807) is 53.6 Å². The summed E-state index contributed by atoms with van der Waals surface area (Å²) in [5.41, 5.74) is 2.97. The molecule has 2 N–H and O–H groups in total. The number of para-hydroxylation sites is 1. The molecule has 0 bridgehead atoms. The standard InChI is InChI=1S/C23H18ClN5O2/c24-19-6-1-2-7-21(19)29-13-10-20(28-29)23(31)26-15-16-4-3-5-18(14-16)27-22(30)17-8-11-25-12-9-17/h1-14H,15H2,(H,26,31)(H,27,30). The maximum Gasteiger partial charge on any atom is 0.272 e. The van der Waals surface area contributed by atoms with Gasteiger partial charge in [-0.25, -0.2) is 4.68 Å². The van der Waals surface area contributed by atoms with Gasteiger partial charge in [0.1, 0.15) is 0 Å². The lowest BCUT2D eigenvalue weighted by atomic mass is 10.2. The van der Waals surface area contributed by atoms with Crippen molar-refractivity contribution in [3.8, 4) is 5.69 Å². The Labute approximate surface area is 183 Å². The number of carbonyl (C=O) groups is 2. The van der Waals surface area contributed by atoms with Gasteiger partial charge in [0.25, 0.3) is 11.8 Å². The van der Waals surface area contributed by atoms with Crippen LogP contribution in [0.1, 0.15) is 26.4 Å². The summed E-state index contributed by atoms with van der Waals surface area (Å²) in [4.78, 5) is 28.7. The van der Waals surface area contributed by atoms with Gasteiger partial charge in [0.15, 0.2) is 5.69 Å². The van der Waals surface area contributed by atoms with Gasteiger partial charge in [-0.2, -0.15) is 5.10 Å². The van der Waals surface area contributed by atoms with Gasteiger partial charge in [-0.1, -0.05) is 35.9 Å². The Kier molecular flexibility index (Phi) is 6.05. The molecule has 0 fully saturated rings. The normalized spacial score (nSPS) is 10.5. The van der Waals surface area contributed by atoms with E-state index in [4.69, 9.17) is 11.6 Å². The topological polar surface area (TPSA) is 88.9 Å². The summed E-state index contributed by atoms with van der Waals surface area (Å²) in [5.74, 6) is -0.536. The number of carbonyl (C=O) groups excluding carboxylic acids is 2. The molecule has 0 unspecified atom stereocenters. The largest absolute Gasteiger partial charge is 0.347 e. The van der Waals surface area contributed by atoms with Crippen LogP contribution in [0.15, 0.2) is 85.3 Å². The quantitative estimate of drug-likeness (QED) is 0.481. The Hall–Kier alpha value is -3.97. The number of rotatable bonds is 6. The lowest BCUT2D eigenvalue weighted by Gasteiger charge is -2.08. The molecule has 0 aliphatic rings. The number of nitrogens with one attached hydrogen (secondary N) is 2. The van der Waals surface area contributed by atoms with Gasteiger partial charge in [0.2, 0.25) is 0 Å². The lowest BCUT2D eigenvalue weighted by Crippen LogP contribution is -2.23. The average molecular weight is 432 g/mol. The van der Waals surface area contributed by atoms with Crippen LogP contribution in [-0.4, -0.2) is 26.6 Å². The average Bonchev–Trinajstić information content (AvgIpc) is 3.29. The fourth-order valence-corrected chi connectivity index (χ4v) is 3.18. The molecule has 2 aromatic carbocycles. The number of amides is 2. The van der Waals surface area contributed by atoms with E-state index in [-0.39, 0.29) is 24.1 Å². The van der Waals surface area contributed by atoms with Crippen LogP contribution in [0.5, 0.6) is 0 Å². The molecule has 2 aromatic heterocycles. The van der Waals surface area contributed by atoms with Crippen molar-refractivity contribution in [3.63, 3.8) is 0 Å². The van der Waals surface area contributed by atoms with E-state index in [0.29, 0.717) is 22.0 Å². The zero-order chi connectivity index (χ0) is 21.6. The molecule has 0 saturated heterocycles. The second kappa shape index (κ2) is 9.23. The lowest BCUT2D eigenvalue weighted by molar-refractivity contribution is 0.0944. The highest BCUT2D eigenvalue weighted by molar-refractivity contribution is 6.32. The number of anilines is 1. The van der Waals surface area contributed by atoms with E-state index in [9.17, 15) is 9.59 Å². The predicted molar refractivity (Wildman–Crippen MR) is 118 cm³/mol. The Balaban J connectivity index is 1.38. The summed E-state index contributed by atoms with van der Waals surface area (Å²) >= 11 is 6.18. The van der Waals surface area contributed by atoms with Crippen LogP contribution in [0.25, 0.3) is 5.69 Å². The van der Waals surface area contributed by atoms with Crippen LogP contribution in [0, 0.1) is 0 Å². The SMILES string of the molecule is O=C(Nc1cccc(CNC(=O)c2ccn(-c3ccccc3Cl)n2)c1)c1ccncc1. The number of halogens is 1. The first-order valence-corrected chi connectivity index (χ1v) is 9.87. The van der Waals surface area contributed by atoms with Crippen molar-refractivity contribution in [2.75, 3.05) is 5.32 Å². The van der Waals surface area contributed by atoms with Gasteiger partial charge in [-0.3, -0.25) is 14.6 Å². The first kappa shape index (κ1) is 20.3. The molecule has 0 aliphatic carbocycles. The minimum absolute atomic E-state index is 0.228. The number of benzene rings is 2. The molecule has 2 heterocycles. The third-order valence-corrected chi connectivity index (χ3v) is 4.82. The molecule has 31 heavy (non-hydrogen) atoms. The first-order chi connectivity index (χ1) is 15.1. The van der Waals surface area contributed by atoms with Crippen LogP contribution >= 0.6 is 11.6 Å². The van der Waals surface area contributed by atoms with Crippen molar-refractivity contribution in [1.82, 2.24) is 20.1 Å². The van der Waals surface area contributed by atoms with E-state index >= 15 is 0 Å². The number of hydrogen-bond acceptors (Lipinski definition) is 4. The van der Waals surface area contributed by atoms with Crippen molar-refractivity contribution in [2.24, 2.45) is 0 Å². The number of nitrogens with zero attached hydrogens (tertiary/aromatic N) is 3. The van der Waals surface area contributed by atoms with Crippen LogP contribution in [0.2, 0.25) is 5.02 Å². The fraction of sp³-hybridized carbons (Fsp3) is 0.0435. The first-order valence-electron chi connectivity index (χ1n) is 9.49. The molecular formula is C23H18ClN5O2. The monoisotopic (exact) mass is 431 g/mol. The van der Waals surface area contributed by atoms with Crippen molar-refractivity contribution in [2.45, 2.75) is 6.54 Å². The number of aromatic nitrogens is 3. The molecule has 2 amide bonds. The maximum atomic E-state index is 12.5. The van der Waals surface area contributed by atoms with Gasteiger partial charge < -0.3 is 10.6 Å². The van der Waals surface area contributed by atoms with Gasteiger partial charge in [0, 0.05) is 36.4 Å². The molecule has 154 valence electrons. The second-order valence-corrected chi connectivity index (χ2v) is 7.08. The van der Waals surface area contributed by atoms with E-state index in [1.807, 2.05) is 36.4 Å². The fourth-order valence-electron chi connectivity index (χ4n) is 2.96. The molecule has 4 rings (SSSR count). The van der Waals surface area contributed by atoms with Crippen LogP contribution in [0.3, 0.4) is 0 Å². The molecule has 8 heteroatoms. The predicted octanol–water partition coefficient (Wildman–Crippen LogP) is 4.10. The highest BCUT2D eigenvalue weighted by atomic mass is 35.5. The highest BCUT2D eigenvalue weighted by Gasteiger charge is 2.12. The van der Waals surface area contributed by atoms with E-state index < -0.39 is 0 Å². The minimum Gasteiger partial charge on any atom is -0.347 e. The molecule has 0 atom stereocenters. The summed E-state index contributed by atoms with van der Waals surface area (Å²) < 4.78 is 1.56. The smallest absolute Gasteiger partial charge is 0.272 e. The highest BCUT2D eigenvalue weighted by Crippen LogP contribution is 2.19. The summed E-state index contributed by atoms with van der Waals surface area (Å²) in [6.07, 6.45) is 4.81. The van der Waals surface area contributed by atoms with E-state index in [1.165, 1.54) is 0 Å². The van der Waals surface area contributed by atoms with Gasteiger partial charge in [0.05, 0.1) is 10.7 Å². The summed E-state index contributed by atoms with van der Waals surface area (Å²) in [7, 11) is 0. The molecule has 0 saturated carbocycles. The Bertz CT molecular complexity index is 1220. The zero-order valence-corrected chi connectivity index (χ0v) is 17.1. The Morgan fingerprint density at radius 3 is 2.55 bits per heavy atom. The van der Waals surface area contributed by atoms with E-state index in [0.717, 1.165) is 5.56 Å². The van der Waals surface area contributed by atoms with Crippen LogP contribution in [0.4, 0.5) is 5.69 Å². The third-order valence-electron chi connectivity index (χ3n) is 4.50. The van der Waals surface area contributed by atoms with E-state index in [2.05, 4.69) is 20.7 Å². The summed E-state index contributed by atoms with van der Waals surface area (Å²) in [6, 6.07) is 19.4. The molecule has 0 aliphatic heterocycles. The molecule has 7 nitrogen and oxygen atoms in total. The number of pyridine rings is 1. The van der Waals surface area contributed by atoms with Gasteiger partial charge in [-0.15, -0.1) is 0 Å². The summed E-state index contributed by atoms with van der Waals surface area (Å²) in [5, 5.41) is 10.5. The van der Waals surface area contributed by atoms with Crippen molar-refractivity contribution < 1.29 is 9.59 Å². The van der Waals surface area contributed by atoms with Crippen molar-refractivity contribution in [1.29, 1.82) is 0 Å². The zero-order valence-electron chi connectivity index (χ0n) is 16.3. The molecular weight excluding hydrogens is 414 g/mol. The van der Waals surface area contributed by atoms with Crippen molar-refractivity contribution in [3.05, 3.63) is 107 Å². The number of hydrogen-bond donors (Lipinski definition) is 2. The van der Waals surface area contributed by atoms with Crippen molar-refractivity contribution >= 4 is 29.1 Å². The molecule has 0 spiro atoms.